The van der Waals surface area contributed by atoms with Crippen LogP contribution in [0.1, 0.15) is 54.5 Å². The van der Waals surface area contributed by atoms with Gasteiger partial charge in [0.1, 0.15) is 5.75 Å². The van der Waals surface area contributed by atoms with Gasteiger partial charge in [0, 0.05) is 0 Å². The third-order valence-corrected chi connectivity index (χ3v) is 4.95. The van der Waals surface area contributed by atoms with Crippen molar-refractivity contribution in [1.82, 2.24) is 5.32 Å². The summed E-state index contributed by atoms with van der Waals surface area (Å²) in [6.45, 7) is 6.06. The van der Waals surface area contributed by atoms with Gasteiger partial charge in [-0.15, -0.1) is 0 Å². The molecule has 0 heterocycles. The molecular weight excluding hydrogens is 310 g/mol. The number of benzene rings is 2. The summed E-state index contributed by atoms with van der Waals surface area (Å²) >= 11 is 0. The van der Waals surface area contributed by atoms with Crippen molar-refractivity contribution < 1.29 is 9.53 Å². The lowest BCUT2D eigenvalue weighted by Gasteiger charge is -2.28. The Bertz CT molecular complexity index is 753. The molecular formula is C22H27NO2. The highest BCUT2D eigenvalue weighted by molar-refractivity contribution is 5.81. The van der Waals surface area contributed by atoms with Crippen LogP contribution in [0.3, 0.4) is 0 Å². The molecule has 0 saturated heterocycles. The molecule has 3 nitrogen and oxygen atoms in total. The molecule has 0 unspecified atom stereocenters. The normalized spacial score (nSPS) is 17.5. The maximum Gasteiger partial charge on any atom is 0.261 e. The van der Waals surface area contributed by atoms with E-state index in [4.69, 9.17) is 4.74 Å². The number of carbonyl (C=O) groups excluding carboxylic acids is 1. The topological polar surface area (TPSA) is 38.3 Å². The van der Waals surface area contributed by atoms with Crippen LogP contribution in [0.4, 0.5) is 0 Å². The maximum absolute atomic E-state index is 12.8. The van der Waals surface area contributed by atoms with E-state index >= 15 is 0 Å². The second-order valence-corrected chi connectivity index (χ2v) is 6.94. The lowest BCUT2D eigenvalue weighted by atomic mass is 9.87. The van der Waals surface area contributed by atoms with Crippen molar-refractivity contribution in [2.45, 2.75) is 58.6 Å². The minimum atomic E-state index is -0.463. The van der Waals surface area contributed by atoms with Crippen molar-refractivity contribution >= 4 is 5.91 Å². The molecule has 25 heavy (non-hydrogen) atoms. The SMILES string of the molecule is CC[C@@H](Oc1ccc(C)cc1C)C(=O)N[C@H]1CCCc2ccccc21. The summed E-state index contributed by atoms with van der Waals surface area (Å²) in [6.07, 6.45) is 3.38. The van der Waals surface area contributed by atoms with Crippen LogP contribution in [0, 0.1) is 13.8 Å². The smallest absolute Gasteiger partial charge is 0.261 e. The first-order valence-electron chi connectivity index (χ1n) is 9.20. The Balaban J connectivity index is 1.71. The summed E-state index contributed by atoms with van der Waals surface area (Å²) < 4.78 is 6.03. The Morgan fingerprint density at radius 1 is 1.24 bits per heavy atom. The largest absolute Gasteiger partial charge is 0.480 e. The lowest BCUT2D eigenvalue weighted by Crippen LogP contribution is -2.41. The Kier molecular flexibility index (Phi) is 5.42. The molecule has 3 rings (SSSR count). The van der Waals surface area contributed by atoms with Crippen molar-refractivity contribution in [3.63, 3.8) is 0 Å². The zero-order valence-electron chi connectivity index (χ0n) is 15.3. The van der Waals surface area contributed by atoms with E-state index in [0.717, 1.165) is 30.6 Å². The number of ether oxygens (including phenoxy) is 1. The predicted molar refractivity (Wildman–Crippen MR) is 101 cm³/mol. The van der Waals surface area contributed by atoms with Crippen LogP contribution in [-0.4, -0.2) is 12.0 Å². The van der Waals surface area contributed by atoms with Gasteiger partial charge < -0.3 is 10.1 Å². The minimum Gasteiger partial charge on any atom is -0.480 e. The molecule has 0 aliphatic heterocycles. The van der Waals surface area contributed by atoms with Crippen molar-refractivity contribution in [2.75, 3.05) is 0 Å². The molecule has 1 aliphatic carbocycles. The Morgan fingerprint density at radius 2 is 2.04 bits per heavy atom. The lowest BCUT2D eigenvalue weighted by molar-refractivity contribution is -0.129. The van der Waals surface area contributed by atoms with Crippen LogP contribution in [0.25, 0.3) is 0 Å². The molecule has 0 bridgehead atoms. The number of aryl methyl sites for hydroxylation is 3. The zero-order chi connectivity index (χ0) is 17.8. The van der Waals surface area contributed by atoms with E-state index in [0.29, 0.717) is 6.42 Å². The molecule has 0 radical (unpaired) electrons. The number of hydrogen-bond acceptors (Lipinski definition) is 2. The first kappa shape index (κ1) is 17.5. The fourth-order valence-electron chi connectivity index (χ4n) is 3.58. The van der Waals surface area contributed by atoms with Crippen molar-refractivity contribution in [3.05, 3.63) is 64.7 Å². The number of hydrogen-bond donors (Lipinski definition) is 1. The summed E-state index contributed by atoms with van der Waals surface area (Å²) in [5, 5.41) is 3.21. The van der Waals surface area contributed by atoms with Gasteiger partial charge in [-0.3, -0.25) is 4.79 Å². The average Bonchev–Trinajstić information content (AvgIpc) is 2.61. The maximum atomic E-state index is 12.8. The summed E-state index contributed by atoms with van der Waals surface area (Å²) in [5.74, 6) is 0.765. The monoisotopic (exact) mass is 337 g/mol. The summed E-state index contributed by atoms with van der Waals surface area (Å²) in [7, 11) is 0. The molecule has 1 aliphatic rings. The third-order valence-electron chi connectivity index (χ3n) is 4.95. The summed E-state index contributed by atoms with van der Waals surface area (Å²) in [5.41, 5.74) is 4.86. The molecule has 2 aromatic rings. The number of rotatable bonds is 5. The molecule has 0 fully saturated rings. The Hall–Kier alpha value is -2.29. The van der Waals surface area contributed by atoms with Gasteiger partial charge in [0.05, 0.1) is 6.04 Å². The molecule has 0 saturated carbocycles. The van der Waals surface area contributed by atoms with Gasteiger partial charge in [0.15, 0.2) is 6.10 Å². The average molecular weight is 337 g/mol. The summed E-state index contributed by atoms with van der Waals surface area (Å²) in [6, 6.07) is 14.6. The van der Waals surface area contributed by atoms with Crippen LogP contribution in [0.15, 0.2) is 42.5 Å². The number of amides is 1. The van der Waals surface area contributed by atoms with Crippen LogP contribution in [0.5, 0.6) is 5.75 Å². The fraction of sp³-hybridized carbons (Fsp3) is 0.409. The standard InChI is InChI=1S/C22H27NO2/c1-4-20(25-21-13-12-15(2)14-16(21)3)22(24)23-19-11-7-9-17-8-5-6-10-18(17)19/h5-6,8,10,12-14,19-20H,4,7,9,11H2,1-3H3,(H,23,24)/t19-,20+/m0/s1. The molecule has 2 atom stereocenters. The highest BCUT2D eigenvalue weighted by atomic mass is 16.5. The van der Waals surface area contributed by atoms with E-state index in [2.05, 4.69) is 36.5 Å². The van der Waals surface area contributed by atoms with Gasteiger partial charge in [-0.2, -0.15) is 0 Å². The number of fused-ring (bicyclic) bond motifs is 1. The Labute approximate surface area is 150 Å². The van der Waals surface area contributed by atoms with E-state index in [-0.39, 0.29) is 11.9 Å². The minimum absolute atomic E-state index is 0.0239. The van der Waals surface area contributed by atoms with Gasteiger partial charge in [-0.25, -0.2) is 0 Å². The molecule has 1 N–H and O–H groups in total. The van der Waals surface area contributed by atoms with E-state index in [9.17, 15) is 4.79 Å². The van der Waals surface area contributed by atoms with Gasteiger partial charge >= 0.3 is 0 Å². The van der Waals surface area contributed by atoms with Crippen LogP contribution >= 0.6 is 0 Å². The molecule has 0 aromatic heterocycles. The van der Waals surface area contributed by atoms with Gasteiger partial charge in [0.25, 0.3) is 5.91 Å². The molecule has 0 spiro atoms. The van der Waals surface area contributed by atoms with Crippen LogP contribution in [-0.2, 0) is 11.2 Å². The van der Waals surface area contributed by atoms with E-state index in [1.807, 2.05) is 32.0 Å². The second-order valence-electron chi connectivity index (χ2n) is 6.94. The van der Waals surface area contributed by atoms with Gasteiger partial charge in [0.2, 0.25) is 0 Å². The first-order chi connectivity index (χ1) is 12.1. The van der Waals surface area contributed by atoms with E-state index < -0.39 is 6.10 Å². The molecule has 2 aromatic carbocycles. The first-order valence-corrected chi connectivity index (χ1v) is 9.20. The number of nitrogens with one attached hydrogen (secondary N) is 1. The van der Waals surface area contributed by atoms with Crippen molar-refractivity contribution in [3.8, 4) is 5.75 Å². The number of carbonyl (C=O) groups is 1. The zero-order valence-corrected chi connectivity index (χ0v) is 15.3. The quantitative estimate of drug-likeness (QED) is 0.862. The van der Waals surface area contributed by atoms with Crippen molar-refractivity contribution in [1.29, 1.82) is 0 Å². The third kappa shape index (κ3) is 4.04. The molecule has 1 amide bonds. The van der Waals surface area contributed by atoms with Crippen LogP contribution in [0.2, 0.25) is 0 Å². The molecule has 3 heteroatoms. The molecule has 132 valence electrons. The van der Waals surface area contributed by atoms with Gasteiger partial charge in [-0.1, -0.05) is 48.9 Å². The Morgan fingerprint density at radius 3 is 2.80 bits per heavy atom. The summed E-state index contributed by atoms with van der Waals surface area (Å²) in [4.78, 5) is 12.8. The van der Waals surface area contributed by atoms with E-state index in [1.54, 1.807) is 0 Å². The highest BCUT2D eigenvalue weighted by Crippen LogP contribution is 2.30. The van der Waals surface area contributed by atoms with Crippen LogP contribution < -0.4 is 10.1 Å². The van der Waals surface area contributed by atoms with Gasteiger partial charge in [-0.05, 0) is 62.3 Å². The van der Waals surface area contributed by atoms with Crippen molar-refractivity contribution in [2.24, 2.45) is 0 Å². The predicted octanol–water partition coefficient (Wildman–Crippen LogP) is 4.65. The fourth-order valence-corrected chi connectivity index (χ4v) is 3.58. The van der Waals surface area contributed by atoms with E-state index in [1.165, 1.54) is 16.7 Å². The highest BCUT2D eigenvalue weighted by Gasteiger charge is 2.26. The second kappa shape index (κ2) is 7.73.